The van der Waals surface area contributed by atoms with Gasteiger partial charge in [-0.25, -0.2) is 0 Å². The van der Waals surface area contributed by atoms with Crippen molar-refractivity contribution in [2.75, 3.05) is 5.73 Å². The summed E-state index contributed by atoms with van der Waals surface area (Å²) in [7, 11) is 0. The van der Waals surface area contributed by atoms with Crippen molar-refractivity contribution in [3.05, 3.63) is 45.7 Å². The predicted octanol–water partition coefficient (Wildman–Crippen LogP) is 3.45. The first-order valence-electron chi connectivity index (χ1n) is 5.57. The van der Waals surface area contributed by atoms with Gasteiger partial charge in [0.05, 0.1) is 21.9 Å². The maximum Gasteiger partial charge on any atom is 0.0744 e. The van der Waals surface area contributed by atoms with Gasteiger partial charge < -0.3 is 5.73 Å². The molecule has 0 aliphatic rings. The van der Waals surface area contributed by atoms with Crippen LogP contribution < -0.4 is 5.73 Å². The third-order valence-corrected chi connectivity index (χ3v) is 4.17. The van der Waals surface area contributed by atoms with Gasteiger partial charge in [-0.2, -0.15) is 5.10 Å². The molecule has 0 bridgehead atoms. The zero-order valence-corrected chi connectivity index (χ0v) is 11.8. The Balaban J connectivity index is 2.40. The average molecular weight is 294 g/mol. The van der Waals surface area contributed by atoms with Crippen molar-refractivity contribution in [2.45, 2.75) is 26.8 Å². The molecule has 4 heteroatoms. The van der Waals surface area contributed by atoms with E-state index < -0.39 is 0 Å². The number of aromatic nitrogens is 2. The summed E-state index contributed by atoms with van der Waals surface area (Å²) in [6, 6.07) is 8.15. The molecule has 1 aromatic carbocycles. The maximum absolute atomic E-state index is 5.69. The fourth-order valence-electron chi connectivity index (χ4n) is 1.94. The van der Waals surface area contributed by atoms with Crippen LogP contribution in [0.2, 0.25) is 0 Å². The highest BCUT2D eigenvalue weighted by Gasteiger charge is 2.15. The smallest absolute Gasteiger partial charge is 0.0744 e. The maximum atomic E-state index is 5.69. The monoisotopic (exact) mass is 293 g/mol. The van der Waals surface area contributed by atoms with E-state index in [9.17, 15) is 0 Å². The second kappa shape index (κ2) is 4.53. The van der Waals surface area contributed by atoms with Crippen molar-refractivity contribution in [2.24, 2.45) is 0 Å². The summed E-state index contributed by atoms with van der Waals surface area (Å²) >= 11 is 3.55. The van der Waals surface area contributed by atoms with Crippen LogP contribution in [0.25, 0.3) is 0 Å². The van der Waals surface area contributed by atoms with Gasteiger partial charge in [-0.1, -0.05) is 12.1 Å². The van der Waals surface area contributed by atoms with Crippen LogP contribution in [0.4, 0.5) is 5.69 Å². The van der Waals surface area contributed by atoms with Crippen molar-refractivity contribution < 1.29 is 0 Å². The van der Waals surface area contributed by atoms with E-state index in [1.807, 2.05) is 35.9 Å². The normalized spacial score (nSPS) is 12.7. The molecule has 17 heavy (non-hydrogen) atoms. The molecule has 3 nitrogen and oxygen atoms in total. The number of aryl methyl sites for hydroxylation is 1. The second-order valence-electron chi connectivity index (χ2n) is 4.27. The number of nitrogens with two attached hydrogens (primary N) is 1. The molecule has 2 rings (SSSR count). The molecule has 1 aromatic heterocycles. The summed E-state index contributed by atoms with van der Waals surface area (Å²) in [5.41, 5.74) is 9.85. The number of hydrogen-bond acceptors (Lipinski definition) is 2. The molecule has 0 spiro atoms. The highest BCUT2D eigenvalue weighted by Crippen LogP contribution is 2.26. The van der Waals surface area contributed by atoms with E-state index in [0.29, 0.717) is 0 Å². The van der Waals surface area contributed by atoms with Crippen LogP contribution in [0.5, 0.6) is 0 Å². The lowest BCUT2D eigenvalue weighted by molar-refractivity contribution is 0.546. The van der Waals surface area contributed by atoms with Gasteiger partial charge in [0.1, 0.15) is 0 Å². The molecule has 0 saturated heterocycles. The Morgan fingerprint density at radius 1 is 1.24 bits per heavy atom. The van der Waals surface area contributed by atoms with Crippen LogP contribution in [-0.4, -0.2) is 9.78 Å². The van der Waals surface area contributed by atoms with Gasteiger partial charge in [0.15, 0.2) is 0 Å². The Morgan fingerprint density at radius 3 is 2.29 bits per heavy atom. The Hall–Kier alpha value is -1.29. The molecule has 90 valence electrons. The van der Waals surface area contributed by atoms with E-state index in [1.165, 1.54) is 5.56 Å². The number of rotatable bonds is 2. The molecule has 1 atom stereocenters. The van der Waals surface area contributed by atoms with E-state index in [0.717, 1.165) is 21.5 Å². The minimum absolute atomic E-state index is 0.209. The van der Waals surface area contributed by atoms with Gasteiger partial charge in [0.2, 0.25) is 0 Å². The molecular weight excluding hydrogens is 278 g/mol. The summed E-state index contributed by atoms with van der Waals surface area (Å²) in [5.74, 6) is 0. The molecule has 1 heterocycles. The van der Waals surface area contributed by atoms with Gasteiger partial charge in [-0.05, 0) is 54.4 Å². The van der Waals surface area contributed by atoms with Gasteiger partial charge >= 0.3 is 0 Å². The second-order valence-corrected chi connectivity index (χ2v) is 5.07. The van der Waals surface area contributed by atoms with Gasteiger partial charge in [0.25, 0.3) is 0 Å². The molecule has 0 radical (unpaired) electrons. The Labute approximate surface area is 110 Å². The van der Waals surface area contributed by atoms with Crippen molar-refractivity contribution in [1.29, 1.82) is 0 Å². The van der Waals surface area contributed by atoms with E-state index >= 15 is 0 Å². The first kappa shape index (κ1) is 12.2. The number of benzene rings is 1. The lowest BCUT2D eigenvalue weighted by Crippen LogP contribution is -2.10. The summed E-state index contributed by atoms with van der Waals surface area (Å²) < 4.78 is 3.12. The fraction of sp³-hybridized carbons (Fsp3) is 0.308. The highest BCUT2D eigenvalue weighted by molar-refractivity contribution is 9.10. The van der Waals surface area contributed by atoms with Crippen LogP contribution in [0.3, 0.4) is 0 Å². The molecule has 2 aromatic rings. The molecule has 0 aliphatic carbocycles. The minimum Gasteiger partial charge on any atom is -0.399 e. The molecule has 0 aliphatic heterocycles. The van der Waals surface area contributed by atoms with E-state index in [-0.39, 0.29) is 6.04 Å². The number of nitrogen functional groups attached to an aromatic ring is 1. The van der Waals surface area contributed by atoms with Gasteiger partial charge in [-0.15, -0.1) is 0 Å². The highest BCUT2D eigenvalue weighted by atomic mass is 79.9. The third kappa shape index (κ3) is 2.22. The SMILES string of the molecule is Cc1nn(C(C)c2ccc(N)cc2)c(C)c1Br. The number of anilines is 1. The Bertz CT molecular complexity index is 528. The van der Waals surface area contributed by atoms with E-state index in [2.05, 4.69) is 34.9 Å². The summed E-state index contributed by atoms with van der Waals surface area (Å²) in [6.45, 7) is 6.21. The molecule has 0 amide bonds. The van der Waals surface area contributed by atoms with Crippen LogP contribution in [0.15, 0.2) is 28.7 Å². The lowest BCUT2D eigenvalue weighted by atomic mass is 10.1. The number of nitrogens with zero attached hydrogens (tertiary/aromatic N) is 2. The van der Waals surface area contributed by atoms with Crippen molar-refractivity contribution in [3.8, 4) is 0 Å². The molecule has 0 fully saturated rings. The number of halogens is 1. The van der Waals surface area contributed by atoms with Crippen molar-refractivity contribution in [1.82, 2.24) is 9.78 Å². The first-order chi connectivity index (χ1) is 8.00. The average Bonchev–Trinajstić information content (AvgIpc) is 2.57. The third-order valence-electron chi connectivity index (χ3n) is 3.02. The summed E-state index contributed by atoms with van der Waals surface area (Å²) in [4.78, 5) is 0. The zero-order valence-electron chi connectivity index (χ0n) is 10.2. The van der Waals surface area contributed by atoms with Crippen LogP contribution in [0.1, 0.15) is 29.9 Å². The van der Waals surface area contributed by atoms with Crippen molar-refractivity contribution >= 4 is 21.6 Å². The Kier molecular flexibility index (Phi) is 3.24. The molecule has 0 saturated carbocycles. The standard InChI is InChI=1S/C13H16BrN3/c1-8-13(14)10(3)17(16-8)9(2)11-4-6-12(15)7-5-11/h4-7,9H,15H2,1-3H3. The molecule has 2 N–H and O–H groups in total. The van der Waals surface area contributed by atoms with Crippen molar-refractivity contribution in [3.63, 3.8) is 0 Å². The zero-order chi connectivity index (χ0) is 12.6. The van der Waals surface area contributed by atoms with Crippen LogP contribution in [0, 0.1) is 13.8 Å². The Morgan fingerprint density at radius 2 is 1.82 bits per heavy atom. The quantitative estimate of drug-likeness (QED) is 0.862. The van der Waals surface area contributed by atoms with Crippen LogP contribution >= 0.6 is 15.9 Å². The summed E-state index contributed by atoms with van der Waals surface area (Å²) in [5, 5.41) is 4.55. The predicted molar refractivity (Wildman–Crippen MR) is 74.1 cm³/mol. The minimum atomic E-state index is 0.209. The van der Waals surface area contributed by atoms with Gasteiger partial charge in [-0.3, -0.25) is 4.68 Å². The van der Waals surface area contributed by atoms with E-state index in [4.69, 9.17) is 5.73 Å². The van der Waals surface area contributed by atoms with E-state index in [1.54, 1.807) is 0 Å². The van der Waals surface area contributed by atoms with Gasteiger partial charge in [0, 0.05) is 5.69 Å². The lowest BCUT2D eigenvalue weighted by Gasteiger charge is -2.15. The number of hydrogen-bond donors (Lipinski definition) is 1. The molecular formula is C13H16BrN3. The first-order valence-corrected chi connectivity index (χ1v) is 6.36. The largest absolute Gasteiger partial charge is 0.399 e. The topological polar surface area (TPSA) is 43.8 Å². The molecule has 1 unspecified atom stereocenters. The fourth-order valence-corrected chi connectivity index (χ4v) is 2.20. The summed E-state index contributed by atoms with van der Waals surface area (Å²) in [6.07, 6.45) is 0. The van der Waals surface area contributed by atoms with Crippen LogP contribution in [-0.2, 0) is 0 Å².